The first-order valence-corrected chi connectivity index (χ1v) is 8.79. The Labute approximate surface area is 160 Å². The first-order chi connectivity index (χ1) is 13.1. The van der Waals surface area contributed by atoms with Gasteiger partial charge < -0.3 is 25.6 Å². The summed E-state index contributed by atoms with van der Waals surface area (Å²) in [5.74, 6) is -3.47. The third-order valence-electron chi connectivity index (χ3n) is 4.42. The van der Waals surface area contributed by atoms with Crippen molar-refractivity contribution in [2.45, 2.75) is 17.9 Å². The summed E-state index contributed by atoms with van der Waals surface area (Å²) in [7, 11) is 1.24. The van der Waals surface area contributed by atoms with Crippen molar-refractivity contribution in [3.8, 4) is 11.5 Å². The number of benzene rings is 1. The molecule has 11 heteroatoms. The summed E-state index contributed by atoms with van der Waals surface area (Å²) in [5.41, 5.74) is -3.76. The van der Waals surface area contributed by atoms with Crippen LogP contribution in [0, 0.1) is 5.92 Å². The van der Waals surface area contributed by atoms with Crippen LogP contribution in [-0.4, -0.2) is 41.0 Å². The second kappa shape index (κ2) is 6.99. The second-order valence-electron chi connectivity index (χ2n) is 6.09. The highest BCUT2D eigenvalue weighted by atomic mass is 32.1. The predicted octanol–water partition coefficient (Wildman–Crippen LogP) is 2.57. The average molecular weight is 416 g/mol. The van der Waals surface area contributed by atoms with E-state index >= 15 is 0 Å². The number of thiophene rings is 1. The lowest BCUT2D eigenvalue weighted by molar-refractivity contribution is -0.287. The fraction of sp³-hybridized carbons (Fsp3) is 0.294. The molecule has 150 valence electrons. The zero-order chi connectivity index (χ0) is 20.7. The standard InChI is InChI=1S/C17H15F3N2O5S/c1-27-10-7-8(4-5-9(10)23)13-12(14(24)11-3-2-6-28-11)16(26,17(18,19)20)22-15(25)21-13/h2-7,12-13,23,26H,1H3,(H2,21,22,25)/t12-,13-,16+/m1/s1. The van der Waals surface area contributed by atoms with E-state index in [2.05, 4.69) is 5.32 Å². The number of halogens is 3. The Morgan fingerprint density at radius 2 is 2.04 bits per heavy atom. The third kappa shape index (κ3) is 3.27. The van der Waals surface area contributed by atoms with Crippen LogP contribution in [-0.2, 0) is 0 Å². The molecule has 0 unspecified atom stereocenters. The van der Waals surface area contributed by atoms with E-state index in [0.29, 0.717) is 0 Å². The minimum absolute atomic E-state index is 0.0126. The molecule has 4 N–H and O–H groups in total. The van der Waals surface area contributed by atoms with Crippen molar-refractivity contribution in [2.75, 3.05) is 7.11 Å². The molecule has 1 aliphatic heterocycles. The van der Waals surface area contributed by atoms with Gasteiger partial charge in [0.25, 0.3) is 0 Å². The molecule has 1 aliphatic rings. The van der Waals surface area contributed by atoms with E-state index in [-0.39, 0.29) is 21.9 Å². The van der Waals surface area contributed by atoms with E-state index in [9.17, 15) is 33.0 Å². The lowest BCUT2D eigenvalue weighted by Crippen LogP contribution is -2.72. The van der Waals surface area contributed by atoms with Crippen molar-refractivity contribution < 1.29 is 37.7 Å². The van der Waals surface area contributed by atoms with Crippen molar-refractivity contribution in [1.29, 1.82) is 0 Å². The van der Waals surface area contributed by atoms with Gasteiger partial charge in [-0.05, 0) is 29.1 Å². The summed E-state index contributed by atoms with van der Waals surface area (Å²) < 4.78 is 46.2. The maximum atomic E-state index is 13.7. The molecule has 0 bridgehead atoms. The average Bonchev–Trinajstić information content (AvgIpc) is 3.15. The molecule has 1 saturated heterocycles. The highest BCUT2D eigenvalue weighted by Crippen LogP contribution is 2.45. The SMILES string of the molecule is COc1cc([C@H]2NC(=O)N[C@@](O)(C(F)(F)F)[C@H]2C(=O)c2cccs2)ccc1O. The molecule has 1 aromatic heterocycles. The van der Waals surface area contributed by atoms with Gasteiger partial charge in [-0.15, -0.1) is 11.3 Å². The number of ether oxygens (including phenoxy) is 1. The van der Waals surface area contributed by atoms with Crippen molar-refractivity contribution in [2.24, 2.45) is 5.92 Å². The van der Waals surface area contributed by atoms with Gasteiger partial charge >= 0.3 is 12.2 Å². The number of hydrogen-bond donors (Lipinski definition) is 4. The van der Waals surface area contributed by atoms with Crippen LogP contribution in [0.3, 0.4) is 0 Å². The van der Waals surface area contributed by atoms with Gasteiger partial charge in [0.2, 0.25) is 5.72 Å². The van der Waals surface area contributed by atoms with Crippen LogP contribution in [0.25, 0.3) is 0 Å². The molecule has 2 amide bonds. The van der Waals surface area contributed by atoms with Gasteiger partial charge in [0.05, 0.1) is 18.0 Å². The van der Waals surface area contributed by atoms with E-state index < -0.39 is 35.7 Å². The highest BCUT2D eigenvalue weighted by Gasteiger charge is 2.66. The van der Waals surface area contributed by atoms with Crippen LogP contribution >= 0.6 is 11.3 Å². The molecule has 3 atom stereocenters. The molecule has 2 aromatic rings. The number of carbonyl (C=O) groups is 2. The number of methoxy groups -OCH3 is 1. The van der Waals surface area contributed by atoms with E-state index in [1.165, 1.54) is 42.1 Å². The molecule has 2 heterocycles. The second-order valence-corrected chi connectivity index (χ2v) is 7.04. The maximum Gasteiger partial charge on any atom is 0.437 e. The van der Waals surface area contributed by atoms with Crippen LogP contribution in [0.4, 0.5) is 18.0 Å². The Morgan fingerprint density at radius 3 is 2.61 bits per heavy atom. The number of hydrogen-bond acceptors (Lipinski definition) is 6. The van der Waals surface area contributed by atoms with Crippen LogP contribution in [0.2, 0.25) is 0 Å². The normalized spacial score (nSPS) is 25.0. The monoisotopic (exact) mass is 416 g/mol. The topological polar surface area (TPSA) is 108 Å². The maximum absolute atomic E-state index is 13.7. The number of aromatic hydroxyl groups is 1. The van der Waals surface area contributed by atoms with Crippen LogP contribution < -0.4 is 15.4 Å². The molecular formula is C17H15F3N2O5S. The molecule has 3 rings (SSSR count). The predicted molar refractivity (Wildman–Crippen MR) is 92.2 cm³/mol. The lowest BCUT2D eigenvalue weighted by atomic mass is 9.78. The number of urea groups is 1. The number of phenols is 1. The molecular weight excluding hydrogens is 401 g/mol. The Bertz CT molecular complexity index is 903. The van der Waals surface area contributed by atoms with Crippen molar-refractivity contribution in [1.82, 2.24) is 10.6 Å². The molecule has 28 heavy (non-hydrogen) atoms. The summed E-state index contributed by atoms with van der Waals surface area (Å²) in [6.45, 7) is 0. The summed E-state index contributed by atoms with van der Waals surface area (Å²) in [6.07, 6.45) is -5.33. The van der Waals surface area contributed by atoms with Crippen molar-refractivity contribution >= 4 is 23.2 Å². The Hall–Kier alpha value is -2.79. The van der Waals surface area contributed by atoms with Crippen LogP contribution in [0.15, 0.2) is 35.7 Å². The van der Waals surface area contributed by atoms with Crippen molar-refractivity contribution in [3.63, 3.8) is 0 Å². The van der Waals surface area contributed by atoms with Gasteiger partial charge in [-0.25, -0.2) is 4.79 Å². The fourth-order valence-electron chi connectivity index (χ4n) is 3.08. The number of alkyl halides is 3. The molecule has 0 aliphatic carbocycles. The first kappa shape index (κ1) is 20.0. The molecule has 1 fully saturated rings. The van der Waals surface area contributed by atoms with E-state index in [4.69, 9.17) is 4.74 Å². The highest BCUT2D eigenvalue weighted by molar-refractivity contribution is 7.12. The van der Waals surface area contributed by atoms with Gasteiger partial charge in [-0.3, -0.25) is 4.79 Å². The number of ketones is 1. The fourth-order valence-corrected chi connectivity index (χ4v) is 3.78. The summed E-state index contributed by atoms with van der Waals surface area (Å²) >= 11 is 0.911. The quantitative estimate of drug-likeness (QED) is 0.573. The summed E-state index contributed by atoms with van der Waals surface area (Å²) in [6, 6.07) is 3.56. The van der Waals surface area contributed by atoms with Gasteiger partial charge in [0.1, 0.15) is 5.92 Å². The smallest absolute Gasteiger partial charge is 0.437 e. The molecule has 0 radical (unpaired) electrons. The number of phenolic OH excluding ortho intramolecular Hbond substituents is 1. The number of Topliss-reactive ketones (excluding diaryl/α,β-unsaturated/α-hetero) is 1. The molecule has 0 spiro atoms. The van der Waals surface area contributed by atoms with Crippen LogP contribution in [0.5, 0.6) is 11.5 Å². The summed E-state index contributed by atoms with van der Waals surface area (Å²) in [5, 5.41) is 25.4. The number of aliphatic hydroxyl groups is 1. The Morgan fingerprint density at radius 1 is 1.32 bits per heavy atom. The van der Waals surface area contributed by atoms with E-state index in [0.717, 1.165) is 17.4 Å². The molecule has 1 aromatic carbocycles. The van der Waals surface area contributed by atoms with E-state index in [1.54, 1.807) is 0 Å². The number of rotatable bonds is 4. The third-order valence-corrected chi connectivity index (χ3v) is 5.30. The van der Waals surface area contributed by atoms with Crippen molar-refractivity contribution in [3.05, 3.63) is 46.2 Å². The Balaban J connectivity index is 2.17. The van der Waals surface area contributed by atoms with Gasteiger partial charge in [0.15, 0.2) is 17.3 Å². The largest absolute Gasteiger partial charge is 0.504 e. The number of amides is 2. The first-order valence-electron chi connectivity index (χ1n) is 7.91. The zero-order valence-electron chi connectivity index (χ0n) is 14.3. The Kier molecular flexibility index (Phi) is 4.98. The van der Waals surface area contributed by atoms with Gasteiger partial charge in [-0.2, -0.15) is 13.2 Å². The molecule has 0 saturated carbocycles. The summed E-state index contributed by atoms with van der Waals surface area (Å²) in [4.78, 5) is 24.8. The molecule has 7 nitrogen and oxygen atoms in total. The number of nitrogens with one attached hydrogen (secondary N) is 2. The van der Waals surface area contributed by atoms with Gasteiger partial charge in [0, 0.05) is 0 Å². The minimum Gasteiger partial charge on any atom is -0.504 e. The zero-order valence-corrected chi connectivity index (χ0v) is 15.1. The van der Waals surface area contributed by atoms with Gasteiger partial charge in [-0.1, -0.05) is 12.1 Å². The van der Waals surface area contributed by atoms with Crippen LogP contribution in [0.1, 0.15) is 21.3 Å². The number of carbonyl (C=O) groups excluding carboxylic acids is 2. The lowest BCUT2D eigenvalue weighted by Gasteiger charge is -2.44. The van der Waals surface area contributed by atoms with E-state index in [1.807, 2.05) is 0 Å². The minimum atomic E-state index is -5.33.